The van der Waals surface area contributed by atoms with E-state index in [0.717, 1.165) is 6.54 Å². The number of hydrogen-bond donors (Lipinski definition) is 1. The number of carbonyl (C=O) groups excluding carboxylic acids is 2. The van der Waals surface area contributed by atoms with E-state index in [4.69, 9.17) is 4.74 Å². The Kier molecular flexibility index (Phi) is 5.14. The molecule has 1 N–H and O–H groups in total. The summed E-state index contributed by atoms with van der Waals surface area (Å²) in [5, 5.41) is 3.33. The summed E-state index contributed by atoms with van der Waals surface area (Å²) in [6, 6.07) is 0. The molecule has 0 unspecified atom stereocenters. The molecule has 0 bridgehead atoms. The third kappa shape index (κ3) is 3.45. The number of rotatable bonds is 4. The van der Waals surface area contributed by atoms with Crippen LogP contribution in [0.1, 0.15) is 33.6 Å². The molecule has 1 rings (SSSR count). The van der Waals surface area contributed by atoms with Gasteiger partial charge in [0.1, 0.15) is 5.54 Å². The second kappa shape index (κ2) is 6.18. The summed E-state index contributed by atoms with van der Waals surface area (Å²) in [6.45, 7) is 7.75. The molecule has 0 aromatic carbocycles. The first-order chi connectivity index (χ1) is 8.41. The minimum absolute atomic E-state index is 0.0670. The van der Waals surface area contributed by atoms with Crippen LogP contribution in [0.15, 0.2) is 0 Å². The molecule has 0 saturated carbocycles. The highest BCUT2D eigenvalue weighted by molar-refractivity contribution is 5.81. The van der Waals surface area contributed by atoms with Crippen LogP contribution in [0, 0.1) is 5.92 Å². The Morgan fingerprint density at radius 1 is 1.33 bits per heavy atom. The molecule has 0 atom stereocenters. The van der Waals surface area contributed by atoms with Crippen LogP contribution < -0.4 is 5.32 Å². The predicted molar refractivity (Wildman–Crippen MR) is 69.1 cm³/mol. The van der Waals surface area contributed by atoms with Crippen molar-refractivity contribution in [2.24, 2.45) is 5.92 Å². The van der Waals surface area contributed by atoms with E-state index in [9.17, 15) is 9.59 Å². The van der Waals surface area contributed by atoms with Crippen LogP contribution in [0.25, 0.3) is 0 Å². The molecule has 5 heteroatoms. The molecule has 18 heavy (non-hydrogen) atoms. The van der Waals surface area contributed by atoms with Crippen LogP contribution in [-0.2, 0) is 14.3 Å². The zero-order chi connectivity index (χ0) is 13.8. The lowest BCUT2D eigenvalue weighted by molar-refractivity contribution is -0.152. The van der Waals surface area contributed by atoms with Crippen molar-refractivity contribution in [3.8, 4) is 0 Å². The molecule has 1 fully saturated rings. The molecule has 0 aromatic heterocycles. The number of piperidine rings is 1. The van der Waals surface area contributed by atoms with Gasteiger partial charge in [0, 0.05) is 20.0 Å². The number of hydrogen-bond acceptors (Lipinski definition) is 4. The van der Waals surface area contributed by atoms with Gasteiger partial charge in [0.25, 0.3) is 0 Å². The molecule has 1 aliphatic heterocycles. The van der Waals surface area contributed by atoms with Gasteiger partial charge in [-0.15, -0.1) is 0 Å². The van der Waals surface area contributed by atoms with E-state index in [-0.39, 0.29) is 11.9 Å². The topological polar surface area (TPSA) is 58.6 Å². The van der Waals surface area contributed by atoms with Crippen LogP contribution in [0.2, 0.25) is 0 Å². The summed E-state index contributed by atoms with van der Waals surface area (Å²) >= 11 is 0. The highest BCUT2D eigenvalue weighted by atomic mass is 16.5. The van der Waals surface area contributed by atoms with E-state index in [1.54, 1.807) is 11.8 Å². The van der Waals surface area contributed by atoms with Gasteiger partial charge in [0.2, 0.25) is 5.91 Å². The van der Waals surface area contributed by atoms with Gasteiger partial charge in [-0.05, 0) is 25.3 Å². The first-order valence-electron chi connectivity index (χ1n) is 6.50. The quantitative estimate of drug-likeness (QED) is 0.755. The van der Waals surface area contributed by atoms with Gasteiger partial charge in [-0.3, -0.25) is 9.59 Å². The number of likely N-dealkylation sites (tertiary alicyclic amines) is 1. The zero-order valence-corrected chi connectivity index (χ0v) is 11.8. The van der Waals surface area contributed by atoms with E-state index in [2.05, 4.69) is 19.2 Å². The molecule has 1 amide bonds. The van der Waals surface area contributed by atoms with Crippen molar-refractivity contribution in [1.29, 1.82) is 0 Å². The second-order valence-electron chi connectivity index (χ2n) is 5.35. The van der Waals surface area contributed by atoms with Crippen molar-refractivity contribution in [2.45, 2.75) is 39.2 Å². The maximum atomic E-state index is 12.0. The van der Waals surface area contributed by atoms with Crippen LogP contribution in [0.3, 0.4) is 0 Å². The average molecular weight is 256 g/mol. The van der Waals surface area contributed by atoms with Gasteiger partial charge < -0.3 is 15.0 Å². The van der Waals surface area contributed by atoms with Crippen LogP contribution in [0.5, 0.6) is 0 Å². The Labute approximate surface area is 109 Å². The average Bonchev–Trinajstić information content (AvgIpc) is 2.35. The largest absolute Gasteiger partial charge is 0.468 e. The molecule has 1 heterocycles. The molecule has 1 aliphatic rings. The molecular formula is C13H24N2O3. The first kappa shape index (κ1) is 15.0. The van der Waals surface area contributed by atoms with Gasteiger partial charge in [0.15, 0.2) is 0 Å². The fourth-order valence-corrected chi connectivity index (χ4v) is 2.25. The number of amides is 1. The summed E-state index contributed by atoms with van der Waals surface area (Å²) in [5.41, 5.74) is -0.620. The third-order valence-electron chi connectivity index (χ3n) is 3.49. The molecule has 1 saturated heterocycles. The van der Waals surface area contributed by atoms with Gasteiger partial charge in [-0.2, -0.15) is 0 Å². The van der Waals surface area contributed by atoms with Crippen molar-refractivity contribution >= 4 is 11.9 Å². The fraction of sp³-hybridized carbons (Fsp3) is 0.846. The van der Waals surface area contributed by atoms with Crippen LogP contribution in [0.4, 0.5) is 0 Å². The number of methoxy groups -OCH3 is 1. The molecule has 104 valence electrons. The highest BCUT2D eigenvalue weighted by Crippen LogP contribution is 2.24. The lowest BCUT2D eigenvalue weighted by atomic mass is 9.87. The summed E-state index contributed by atoms with van der Waals surface area (Å²) in [5.74, 6) is 0.320. The smallest absolute Gasteiger partial charge is 0.326 e. The van der Waals surface area contributed by atoms with Crippen molar-refractivity contribution in [1.82, 2.24) is 10.2 Å². The van der Waals surface area contributed by atoms with Crippen molar-refractivity contribution in [3.63, 3.8) is 0 Å². The normalized spacial score (nSPS) is 18.8. The van der Waals surface area contributed by atoms with Crippen LogP contribution in [-0.4, -0.2) is 49.1 Å². The summed E-state index contributed by atoms with van der Waals surface area (Å²) in [6.07, 6.45) is 1.23. The molecule has 5 nitrogen and oxygen atoms in total. The lowest BCUT2D eigenvalue weighted by Gasteiger charge is -2.40. The SMILES string of the molecule is COC(=O)C1(NCC(C)C)CCN(C(C)=O)CC1. The summed E-state index contributed by atoms with van der Waals surface area (Å²) in [4.78, 5) is 25.1. The Bertz CT molecular complexity index is 307. The zero-order valence-electron chi connectivity index (χ0n) is 11.8. The Morgan fingerprint density at radius 3 is 2.28 bits per heavy atom. The number of nitrogens with one attached hydrogen (secondary N) is 1. The number of nitrogens with zero attached hydrogens (tertiary/aromatic N) is 1. The Balaban J connectivity index is 2.70. The predicted octanol–water partition coefficient (Wildman–Crippen LogP) is 0.786. The van der Waals surface area contributed by atoms with Crippen LogP contribution >= 0.6 is 0 Å². The number of carbonyl (C=O) groups is 2. The Hall–Kier alpha value is -1.10. The van der Waals surface area contributed by atoms with Gasteiger partial charge in [-0.1, -0.05) is 13.8 Å². The minimum Gasteiger partial charge on any atom is -0.468 e. The van der Waals surface area contributed by atoms with Gasteiger partial charge in [-0.25, -0.2) is 0 Å². The highest BCUT2D eigenvalue weighted by Gasteiger charge is 2.42. The maximum Gasteiger partial charge on any atom is 0.326 e. The van der Waals surface area contributed by atoms with E-state index < -0.39 is 5.54 Å². The van der Waals surface area contributed by atoms with Gasteiger partial charge >= 0.3 is 5.97 Å². The van der Waals surface area contributed by atoms with Crippen molar-refractivity contribution in [2.75, 3.05) is 26.7 Å². The third-order valence-corrected chi connectivity index (χ3v) is 3.49. The standard InChI is InChI=1S/C13H24N2O3/c1-10(2)9-14-13(12(17)18-4)5-7-15(8-6-13)11(3)16/h10,14H,5-9H2,1-4H3. The van der Waals surface area contributed by atoms with Crippen molar-refractivity contribution in [3.05, 3.63) is 0 Å². The molecule has 0 aromatic rings. The van der Waals surface area contributed by atoms with E-state index >= 15 is 0 Å². The second-order valence-corrected chi connectivity index (χ2v) is 5.35. The van der Waals surface area contributed by atoms with E-state index in [1.165, 1.54) is 7.11 Å². The first-order valence-corrected chi connectivity index (χ1v) is 6.50. The molecule has 0 spiro atoms. The molecular weight excluding hydrogens is 232 g/mol. The van der Waals surface area contributed by atoms with E-state index in [1.807, 2.05) is 0 Å². The van der Waals surface area contributed by atoms with E-state index in [0.29, 0.717) is 31.8 Å². The van der Waals surface area contributed by atoms with Crippen molar-refractivity contribution < 1.29 is 14.3 Å². The lowest BCUT2D eigenvalue weighted by Crippen LogP contribution is -2.60. The monoisotopic (exact) mass is 256 g/mol. The molecule has 0 radical (unpaired) electrons. The summed E-state index contributed by atoms with van der Waals surface area (Å²) < 4.78 is 4.92. The Morgan fingerprint density at radius 2 is 1.89 bits per heavy atom. The summed E-state index contributed by atoms with van der Waals surface area (Å²) in [7, 11) is 1.42. The maximum absolute atomic E-state index is 12.0. The molecule has 0 aliphatic carbocycles. The fourth-order valence-electron chi connectivity index (χ4n) is 2.25. The number of ether oxygens (including phenoxy) is 1. The number of esters is 1. The minimum atomic E-state index is -0.620. The van der Waals surface area contributed by atoms with Gasteiger partial charge in [0.05, 0.1) is 7.11 Å².